The number of nitrogens with one attached hydrogen (secondary N) is 2. The van der Waals surface area contributed by atoms with Crippen molar-refractivity contribution in [3.63, 3.8) is 0 Å². The van der Waals surface area contributed by atoms with E-state index in [4.69, 9.17) is 16.3 Å². The van der Waals surface area contributed by atoms with Crippen LogP contribution in [0.4, 0.5) is 4.79 Å². The number of rotatable bonds is 5. The molecule has 3 amide bonds. The summed E-state index contributed by atoms with van der Waals surface area (Å²) in [7, 11) is 3.15. The van der Waals surface area contributed by atoms with E-state index in [2.05, 4.69) is 15.6 Å². The van der Waals surface area contributed by atoms with Crippen LogP contribution in [0.5, 0.6) is 5.75 Å². The molecule has 10 heteroatoms. The first-order valence-electron chi connectivity index (χ1n) is 8.05. The largest absolute Gasteiger partial charge is 0.489 e. The first-order chi connectivity index (χ1) is 12.4. The summed E-state index contributed by atoms with van der Waals surface area (Å²) in [6, 6.07) is 5.79. The number of hydrogen-bond donors (Lipinski definition) is 3. The van der Waals surface area contributed by atoms with Gasteiger partial charge in [0, 0.05) is 14.1 Å². The van der Waals surface area contributed by atoms with E-state index in [1.807, 2.05) is 0 Å². The molecule has 0 saturated carbocycles. The first kappa shape index (κ1) is 18.3. The number of hydrogen-bond acceptors (Lipinski definition) is 5. The molecule has 1 aromatic rings. The Bertz CT molecular complexity index is 743. The number of aliphatic hydroxyl groups is 1. The van der Waals surface area contributed by atoms with Gasteiger partial charge in [0.15, 0.2) is 12.0 Å². The molecule has 2 aliphatic heterocycles. The molecule has 3 unspecified atom stereocenters. The molecule has 0 spiro atoms. The highest BCUT2D eigenvalue weighted by atomic mass is 35.5. The minimum Gasteiger partial charge on any atom is -0.489 e. The molecule has 2 saturated heterocycles. The van der Waals surface area contributed by atoms with Crippen LogP contribution in [0.1, 0.15) is 0 Å². The van der Waals surface area contributed by atoms with Crippen molar-refractivity contribution in [1.29, 1.82) is 0 Å². The first-order valence-corrected chi connectivity index (χ1v) is 8.43. The molecular formula is C16H20ClN5O4. The lowest BCUT2D eigenvalue weighted by Crippen LogP contribution is -2.65. The van der Waals surface area contributed by atoms with E-state index in [1.165, 1.54) is 4.90 Å². The summed E-state index contributed by atoms with van der Waals surface area (Å²) in [5.41, 5.74) is 0. The fourth-order valence-corrected chi connectivity index (χ4v) is 3.19. The summed E-state index contributed by atoms with van der Waals surface area (Å²) in [4.78, 5) is 31.2. The third-order valence-electron chi connectivity index (χ3n) is 4.31. The molecule has 0 aliphatic carbocycles. The van der Waals surface area contributed by atoms with Crippen LogP contribution in [0.15, 0.2) is 29.3 Å². The van der Waals surface area contributed by atoms with Crippen LogP contribution >= 0.6 is 11.6 Å². The molecule has 0 bridgehead atoms. The number of nitrogens with zero attached hydrogens (tertiary/aromatic N) is 3. The maximum atomic E-state index is 12.3. The number of amides is 3. The minimum atomic E-state index is -0.903. The molecular weight excluding hydrogens is 362 g/mol. The van der Waals surface area contributed by atoms with Gasteiger partial charge < -0.3 is 25.0 Å². The predicted octanol–water partition coefficient (Wildman–Crippen LogP) is -0.153. The SMILES string of the molecule is CN=C1NC2C(C(=O)NC(=O)N2C)N1CC(O)COc1ccccc1Cl. The van der Waals surface area contributed by atoms with Crippen LogP contribution in [0, 0.1) is 0 Å². The fraction of sp³-hybridized carbons (Fsp3) is 0.438. The number of carbonyl (C=O) groups is 2. The van der Waals surface area contributed by atoms with Gasteiger partial charge in [0.1, 0.15) is 24.6 Å². The van der Waals surface area contributed by atoms with Gasteiger partial charge in [0.05, 0.1) is 11.6 Å². The van der Waals surface area contributed by atoms with Crippen molar-refractivity contribution in [2.45, 2.75) is 18.3 Å². The number of para-hydroxylation sites is 1. The Morgan fingerprint density at radius 2 is 2.12 bits per heavy atom. The second-order valence-corrected chi connectivity index (χ2v) is 6.44. The molecule has 140 valence electrons. The normalized spacial score (nSPS) is 25.0. The van der Waals surface area contributed by atoms with E-state index >= 15 is 0 Å². The summed E-state index contributed by atoms with van der Waals surface area (Å²) < 4.78 is 5.54. The summed E-state index contributed by atoms with van der Waals surface area (Å²) in [5, 5.41) is 16.1. The molecule has 2 aliphatic rings. The van der Waals surface area contributed by atoms with E-state index in [0.717, 1.165) is 0 Å². The number of carbonyl (C=O) groups excluding carboxylic acids is 2. The average Bonchev–Trinajstić information content (AvgIpc) is 2.98. The van der Waals surface area contributed by atoms with Crippen molar-refractivity contribution in [1.82, 2.24) is 20.4 Å². The number of ether oxygens (including phenoxy) is 1. The summed E-state index contributed by atoms with van der Waals surface area (Å²) in [6.07, 6.45) is -1.45. The molecule has 9 nitrogen and oxygen atoms in total. The Balaban J connectivity index is 1.68. The molecule has 0 radical (unpaired) electrons. The third-order valence-corrected chi connectivity index (χ3v) is 4.62. The van der Waals surface area contributed by atoms with Crippen molar-refractivity contribution in [2.24, 2.45) is 4.99 Å². The van der Waals surface area contributed by atoms with Gasteiger partial charge in [-0.3, -0.25) is 15.1 Å². The van der Waals surface area contributed by atoms with Crippen molar-refractivity contribution < 1.29 is 19.4 Å². The standard InChI is InChI=1S/C16H20ClN5O4/c1-18-15-19-13-12(14(24)20-16(25)21(13)2)22(15)7-9(23)8-26-11-6-4-3-5-10(11)17/h3-6,9,12-13,23H,7-8H2,1-2H3,(H,18,19)(H,20,24,25). The smallest absolute Gasteiger partial charge is 0.325 e. The number of guanidine groups is 1. The predicted molar refractivity (Wildman–Crippen MR) is 95.0 cm³/mol. The molecule has 3 N–H and O–H groups in total. The number of aliphatic hydroxyl groups excluding tert-OH is 1. The monoisotopic (exact) mass is 381 g/mol. The summed E-state index contributed by atoms with van der Waals surface area (Å²) in [5.74, 6) is 0.452. The van der Waals surface area contributed by atoms with Gasteiger partial charge >= 0.3 is 6.03 Å². The topological polar surface area (TPSA) is 106 Å². The van der Waals surface area contributed by atoms with Gasteiger partial charge in [0.2, 0.25) is 0 Å². The van der Waals surface area contributed by atoms with Crippen LogP contribution < -0.4 is 15.4 Å². The van der Waals surface area contributed by atoms with Crippen LogP contribution in [0.25, 0.3) is 0 Å². The second kappa shape index (κ2) is 7.38. The number of β-amino-alcohol motifs (C(OH)–C–C–N with tert-alkyl or cyclic N) is 1. The van der Waals surface area contributed by atoms with E-state index in [9.17, 15) is 14.7 Å². The van der Waals surface area contributed by atoms with Gasteiger partial charge in [-0.2, -0.15) is 0 Å². The van der Waals surface area contributed by atoms with Crippen molar-refractivity contribution in [3.05, 3.63) is 29.3 Å². The average molecular weight is 382 g/mol. The van der Waals surface area contributed by atoms with Gasteiger partial charge in [0.25, 0.3) is 5.91 Å². The maximum Gasteiger partial charge on any atom is 0.325 e. The van der Waals surface area contributed by atoms with Gasteiger partial charge in [-0.15, -0.1) is 0 Å². The zero-order valence-electron chi connectivity index (χ0n) is 14.3. The lowest BCUT2D eigenvalue weighted by Gasteiger charge is -2.35. The molecule has 26 heavy (non-hydrogen) atoms. The van der Waals surface area contributed by atoms with Crippen LogP contribution in [0.2, 0.25) is 5.02 Å². The Hall–Kier alpha value is -2.52. The number of imide groups is 1. The highest BCUT2D eigenvalue weighted by Gasteiger charge is 2.49. The van der Waals surface area contributed by atoms with E-state index in [0.29, 0.717) is 16.7 Å². The van der Waals surface area contributed by atoms with Crippen molar-refractivity contribution >= 4 is 29.5 Å². The maximum absolute atomic E-state index is 12.3. The minimum absolute atomic E-state index is 0.00893. The number of halogens is 1. The number of fused-ring (bicyclic) bond motifs is 1. The van der Waals surface area contributed by atoms with E-state index in [1.54, 1.807) is 43.3 Å². The number of benzene rings is 1. The highest BCUT2D eigenvalue weighted by Crippen LogP contribution is 2.24. The lowest BCUT2D eigenvalue weighted by atomic mass is 10.1. The molecule has 3 atom stereocenters. The Kier molecular flexibility index (Phi) is 5.19. The van der Waals surface area contributed by atoms with Gasteiger partial charge in [-0.05, 0) is 12.1 Å². The fourth-order valence-electron chi connectivity index (χ4n) is 3.00. The van der Waals surface area contributed by atoms with Crippen molar-refractivity contribution in [3.8, 4) is 5.75 Å². The second-order valence-electron chi connectivity index (χ2n) is 6.03. The quantitative estimate of drug-likeness (QED) is 0.654. The van der Waals surface area contributed by atoms with Crippen LogP contribution in [0.3, 0.4) is 0 Å². The molecule has 3 rings (SSSR count). The van der Waals surface area contributed by atoms with E-state index < -0.39 is 30.2 Å². The number of aliphatic imine (C=N–C) groups is 1. The number of urea groups is 1. The molecule has 0 aromatic heterocycles. The zero-order valence-corrected chi connectivity index (χ0v) is 15.1. The van der Waals surface area contributed by atoms with Crippen LogP contribution in [-0.2, 0) is 4.79 Å². The van der Waals surface area contributed by atoms with Gasteiger partial charge in [-0.1, -0.05) is 23.7 Å². The number of likely N-dealkylation sites (N-methyl/N-ethyl adjacent to an activating group) is 1. The third kappa shape index (κ3) is 3.40. The van der Waals surface area contributed by atoms with Gasteiger partial charge in [-0.25, -0.2) is 4.79 Å². The Morgan fingerprint density at radius 1 is 1.38 bits per heavy atom. The molecule has 2 heterocycles. The molecule has 1 aromatic carbocycles. The molecule has 2 fully saturated rings. The Morgan fingerprint density at radius 3 is 2.81 bits per heavy atom. The van der Waals surface area contributed by atoms with Crippen molar-refractivity contribution in [2.75, 3.05) is 27.2 Å². The highest BCUT2D eigenvalue weighted by molar-refractivity contribution is 6.32. The Labute approximate surface area is 155 Å². The van der Waals surface area contributed by atoms with Crippen LogP contribution in [-0.4, -0.2) is 78.4 Å². The zero-order chi connectivity index (χ0) is 18.8. The lowest BCUT2D eigenvalue weighted by molar-refractivity contribution is -0.127. The summed E-state index contributed by atoms with van der Waals surface area (Å²) in [6.45, 7) is 0.0890. The summed E-state index contributed by atoms with van der Waals surface area (Å²) >= 11 is 6.03. The van der Waals surface area contributed by atoms with E-state index in [-0.39, 0.29) is 13.2 Å².